The van der Waals surface area contributed by atoms with E-state index in [9.17, 15) is 19.8 Å². The molecular formula is C23H26N4O5. The standard InChI is InChI=1S/C23H26N4O5/c1-23(2,22(30)31)27-12-15(11-24-27)20-25-17-9-13(8-16(21(28)29)14-4-5-14)10-18-19(17)26(20)6-3-7-32-18/h9-12,14,16H,3-8H2,1-2H3,(H,28,29)(H,30,31)/t16-/m0/s1. The SMILES string of the molecule is CC(C)(C(=O)O)n1cc(-c2nc3cc(C[C@H](C(=O)O)C4CC4)cc4c3n2CCCO4)cn1. The number of rotatable bonds is 7. The average molecular weight is 438 g/mol. The third kappa shape index (κ3) is 3.41. The van der Waals surface area contributed by atoms with Crippen molar-refractivity contribution in [1.82, 2.24) is 19.3 Å². The Hall–Kier alpha value is -3.36. The monoisotopic (exact) mass is 438 g/mol. The molecule has 3 aromatic rings. The lowest BCUT2D eigenvalue weighted by Crippen LogP contribution is -2.35. The van der Waals surface area contributed by atoms with Gasteiger partial charge >= 0.3 is 11.9 Å². The van der Waals surface area contributed by atoms with Gasteiger partial charge in [0, 0.05) is 12.7 Å². The summed E-state index contributed by atoms with van der Waals surface area (Å²) in [7, 11) is 0. The molecule has 2 aromatic heterocycles. The molecule has 1 aliphatic heterocycles. The van der Waals surface area contributed by atoms with Crippen LogP contribution >= 0.6 is 0 Å². The number of aryl methyl sites for hydroxylation is 1. The van der Waals surface area contributed by atoms with E-state index >= 15 is 0 Å². The van der Waals surface area contributed by atoms with Gasteiger partial charge in [-0.05, 0) is 63.1 Å². The first-order valence-electron chi connectivity index (χ1n) is 10.9. The number of carbonyl (C=O) groups is 2. The van der Waals surface area contributed by atoms with Crippen LogP contribution in [0.2, 0.25) is 0 Å². The fourth-order valence-corrected chi connectivity index (χ4v) is 4.41. The zero-order valence-electron chi connectivity index (χ0n) is 18.1. The molecule has 5 rings (SSSR count). The number of carboxylic acid groups (broad SMARTS) is 2. The molecule has 3 heterocycles. The van der Waals surface area contributed by atoms with Crippen molar-refractivity contribution in [2.75, 3.05) is 6.61 Å². The Morgan fingerprint density at radius 3 is 2.75 bits per heavy atom. The Morgan fingerprint density at radius 1 is 1.28 bits per heavy atom. The van der Waals surface area contributed by atoms with E-state index in [0.29, 0.717) is 31.1 Å². The van der Waals surface area contributed by atoms with Crippen molar-refractivity contribution >= 4 is 23.0 Å². The van der Waals surface area contributed by atoms with Gasteiger partial charge in [-0.1, -0.05) is 0 Å². The molecule has 1 aromatic carbocycles. The first kappa shape index (κ1) is 20.5. The second-order valence-corrected chi connectivity index (χ2v) is 9.27. The predicted molar refractivity (Wildman–Crippen MR) is 116 cm³/mol. The molecule has 1 saturated carbocycles. The topological polar surface area (TPSA) is 119 Å². The van der Waals surface area contributed by atoms with E-state index in [4.69, 9.17) is 9.72 Å². The summed E-state index contributed by atoms with van der Waals surface area (Å²) in [4.78, 5) is 28.2. The van der Waals surface area contributed by atoms with Crippen molar-refractivity contribution in [2.45, 2.75) is 51.6 Å². The highest BCUT2D eigenvalue weighted by Gasteiger charge is 2.36. The second-order valence-electron chi connectivity index (χ2n) is 9.27. The minimum Gasteiger partial charge on any atom is -0.491 e. The maximum atomic E-state index is 11.7. The van der Waals surface area contributed by atoms with E-state index in [0.717, 1.165) is 41.4 Å². The highest BCUT2D eigenvalue weighted by atomic mass is 16.5. The molecule has 32 heavy (non-hydrogen) atoms. The maximum Gasteiger partial charge on any atom is 0.331 e. The minimum atomic E-state index is -1.18. The predicted octanol–water partition coefficient (Wildman–Crippen LogP) is 3.16. The summed E-state index contributed by atoms with van der Waals surface area (Å²) < 4.78 is 9.54. The van der Waals surface area contributed by atoms with Crippen molar-refractivity contribution in [3.63, 3.8) is 0 Å². The molecule has 0 spiro atoms. The second kappa shape index (κ2) is 7.36. The van der Waals surface area contributed by atoms with E-state index in [-0.39, 0.29) is 11.8 Å². The molecule has 0 bridgehead atoms. The average Bonchev–Trinajstić information content (AvgIpc) is 3.39. The molecule has 0 saturated heterocycles. The molecule has 1 aliphatic carbocycles. The Balaban J connectivity index is 1.58. The van der Waals surface area contributed by atoms with Crippen LogP contribution in [-0.4, -0.2) is 48.1 Å². The highest BCUT2D eigenvalue weighted by molar-refractivity contribution is 5.87. The quantitative estimate of drug-likeness (QED) is 0.581. The van der Waals surface area contributed by atoms with Crippen LogP contribution in [0.4, 0.5) is 0 Å². The van der Waals surface area contributed by atoms with Crippen LogP contribution in [0.1, 0.15) is 38.7 Å². The number of benzene rings is 1. The van der Waals surface area contributed by atoms with Crippen LogP contribution < -0.4 is 4.74 Å². The van der Waals surface area contributed by atoms with Crippen LogP contribution in [0.3, 0.4) is 0 Å². The van der Waals surface area contributed by atoms with Crippen molar-refractivity contribution in [2.24, 2.45) is 11.8 Å². The third-order valence-corrected chi connectivity index (χ3v) is 6.55. The number of hydrogen-bond donors (Lipinski definition) is 2. The largest absolute Gasteiger partial charge is 0.491 e. The Morgan fingerprint density at radius 2 is 2.06 bits per heavy atom. The zero-order valence-corrected chi connectivity index (χ0v) is 18.1. The van der Waals surface area contributed by atoms with E-state index in [1.165, 1.54) is 4.68 Å². The van der Waals surface area contributed by atoms with Crippen molar-refractivity contribution in [3.8, 4) is 17.1 Å². The van der Waals surface area contributed by atoms with Gasteiger partial charge in [-0.2, -0.15) is 5.10 Å². The van der Waals surface area contributed by atoms with Crippen molar-refractivity contribution < 1.29 is 24.5 Å². The lowest BCUT2D eigenvalue weighted by molar-refractivity contribution is -0.146. The van der Waals surface area contributed by atoms with Gasteiger partial charge in [0.25, 0.3) is 0 Å². The van der Waals surface area contributed by atoms with Crippen LogP contribution in [-0.2, 0) is 28.1 Å². The molecule has 0 amide bonds. The summed E-state index contributed by atoms with van der Waals surface area (Å²) in [6.07, 6.45) is 6.54. The fraction of sp³-hybridized carbons (Fsp3) is 0.478. The Labute approximate surface area is 184 Å². The summed E-state index contributed by atoms with van der Waals surface area (Å²) in [6.45, 7) is 4.47. The molecule has 9 nitrogen and oxygen atoms in total. The minimum absolute atomic E-state index is 0.250. The van der Waals surface area contributed by atoms with E-state index in [1.54, 1.807) is 26.2 Å². The summed E-state index contributed by atoms with van der Waals surface area (Å²) in [6, 6.07) is 3.91. The van der Waals surface area contributed by atoms with E-state index in [1.807, 2.05) is 12.1 Å². The van der Waals surface area contributed by atoms with Crippen LogP contribution in [0, 0.1) is 11.8 Å². The maximum absolute atomic E-state index is 11.7. The summed E-state index contributed by atoms with van der Waals surface area (Å²) in [5.74, 6) is -0.440. The van der Waals surface area contributed by atoms with Crippen molar-refractivity contribution in [3.05, 3.63) is 30.1 Å². The van der Waals surface area contributed by atoms with E-state index in [2.05, 4.69) is 9.67 Å². The van der Waals surface area contributed by atoms with Gasteiger partial charge in [0.05, 0.1) is 29.8 Å². The number of hydrogen-bond acceptors (Lipinski definition) is 5. The first-order valence-corrected chi connectivity index (χ1v) is 10.9. The van der Waals surface area contributed by atoms with Crippen LogP contribution in [0.5, 0.6) is 5.75 Å². The molecule has 0 unspecified atom stereocenters. The lowest BCUT2D eigenvalue weighted by atomic mass is 9.94. The van der Waals surface area contributed by atoms with Gasteiger partial charge in [0.15, 0.2) is 5.54 Å². The highest BCUT2D eigenvalue weighted by Crippen LogP contribution is 2.40. The van der Waals surface area contributed by atoms with Gasteiger partial charge in [-0.3, -0.25) is 9.48 Å². The Bertz CT molecular complexity index is 1220. The number of aliphatic carboxylic acids is 2. The van der Waals surface area contributed by atoms with Crippen LogP contribution in [0.15, 0.2) is 24.5 Å². The zero-order chi connectivity index (χ0) is 22.6. The van der Waals surface area contributed by atoms with Gasteiger partial charge in [-0.15, -0.1) is 0 Å². The van der Waals surface area contributed by atoms with Crippen molar-refractivity contribution in [1.29, 1.82) is 0 Å². The molecule has 2 N–H and O–H groups in total. The molecule has 1 fully saturated rings. The summed E-state index contributed by atoms with van der Waals surface area (Å²) in [5.41, 5.74) is 2.09. The van der Waals surface area contributed by atoms with Gasteiger partial charge in [-0.25, -0.2) is 9.78 Å². The summed E-state index contributed by atoms with van der Waals surface area (Å²) >= 11 is 0. The number of carboxylic acids is 2. The third-order valence-electron chi connectivity index (χ3n) is 6.55. The first-order chi connectivity index (χ1) is 15.3. The fourth-order valence-electron chi connectivity index (χ4n) is 4.41. The number of imidazole rings is 1. The molecule has 0 radical (unpaired) electrons. The Kier molecular flexibility index (Phi) is 4.72. The smallest absolute Gasteiger partial charge is 0.331 e. The molecular weight excluding hydrogens is 412 g/mol. The van der Waals surface area contributed by atoms with Gasteiger partial charge < -0.3 is 19.5 Å². The number of ether oxygens (including phenoxy) is 1. The lowest BCUT2D eigenvalue weighted by Gasteiger charge is -2.19. The molecule has 1 atom stereocenters. The normalized spacial score (nSPS) is 17.1. The van der Waals surface area contributed by atoms with Gasteiger partial charge in [0.2, 0.25) is 0 Å². The summed E-state index contributed by atoms with van der Waals surface area (Å²) in [5, 5.41) is 23.4. The molecule has 9 heteroatoms. The molecule has 168 valence electrons. The van der Waals surface area contributed by atoms with E-state index < -0.39 is 17.5 Å². The number of nitrogens with zero attached hydrogens (tertiary/aromatic N) is 4. The molecule has 2 aliphatic rings. The van der Waals surface area contributed by atoms with Gasteiger partial charge in [0.1, 0.15) is 17.1 Å². The van der Waals surface area contributed by atoms with Crippen LogP contribution in [0.25, 0.3) is 22.4 Å². The number of aromatic nitrogens is 4.